The van der Waals surface area contributed by atoms with Crippen LogP contribution in [0.3, 0.4) is 0 Å². The summed E-state index contributed by atoms with van der Waals surface area (Å²) in [6.07, 6.45) is 5.88. The molecule has 1 aromatic rings. The molecule has 6 atom stereocenters. The third-order valence-corrected chi connectivity index (χ3v) is 8.69. The van der Waals surface area contributed by atoms with Gasteiger partial charge in [-0.2, -0.15) is 0 Å². The first-order valence-corrected chi connectivity index (χ1v) is 13.5. The molecule has 0 aromatic heterocycles. The van der Waals surface area contributed by atoms with E-state index in [4.69, 9.17) is 21.1 Å². The predicted molar refractivity (Wildman–Crippen MR) is 149 cm³/mol. The minimum Gasteiger partial charge on any atom is -0.495 e. The van der Waals surface area contributed by atoms with Crippen LogP contribution in [0.15, 0.2) is 35.9 Å². The number of halogens is 1. The normalized spacial score (nSPS) is 34.7. The zero-order valence-corrected chi connectivity index (χ0v) is 23.9. The first kappa shape index (κ1) is 30.0. The van der Waals surface area contributed by atoms with Crippen molar-refractivity contribution in [3.8, 4) is 5.75 Å². The van der Waals surface area contributed by atoms with Crippen LogP contribution in [-0.4, -0.2) is 48.3 Å². The van der Waals surface area contributed by atoms with Crippen molar-refractivity contribution in [1.82, 2.24) is 5.32 Å². The Morgan fingerprint density at radius 2 is 1.95 bits per heavy atom. The summed E-state index contributed by atoms with van der Waals surface area (Å²) < 4.78 is 11.0. The van der Waals surface area contributed by atoms with Crippen LogP contribution in [0.2, 0.25) is 5.02 Å². The van der Waals surface area contributed by atoms with E-state index >= 15 is 0 Å². The molecular weight excluding hydrogens is 508 g/mol. The number of allylic oxidation sites excluding steroid dienone is 3. The van der Waals surface area contributed by atoms with E-state index in [1.165, 1.54) is 14.2 Å². The second-order valence-corrected chi connectivity index (χ2v) is 11.7. The molecule has 1 saturated carbocycles. The number of fused-ring (bicyclic) bond motifs is 3. The fraction of sp³-hybridized carbons (Fsp3) is 0.586. The summed E-state index contributed by atoms with van der Waals surface area (Å²) in [7, 11) is 2.99. The van der Waals surface area contributed by atoms with Crippen molar-refractivity contribution in [2.75, 3.05) is 19.5 Å². The average Bonchev–Trinajstić information content (AvgIpc) is 3.52. The van der Waals surface area contributed by atoms with Gasteiger partial charge in [-0.1, -0.05) is 56.2 Å². The molecule has 9 heteroatoms. The molecule has 2 bridgehead atoms. The van der Waals surface area contributed by atoms with Crippen LogP contribution < -0.4 is 15.4 Å². The molecule has 1 aromatic carbocycles. The molecule has 38 heavy (non-hydrogen) atoms. The van der Waals surface area contributed by atoms with Gasteiger partial charge in [-0.25, -0.2) is 4.79 Å². The highest BCUT2D eigenvalue weighted by Crippen LogP contribution is 2.61. The molecule has 4 N–H and O–H groups in total. The molecule has 1 aliphatic heterocycles. The SMILES string of the molecule is COc1cc2cc(c1Cl)NC(=O)CC[C@]1(C)C[C@H]1[C@H](C)[C@@H](C)C[C@@](O)(NC(=O)O)[C@H](OC)/C=C/C=C(\C)C2. The lowest BCUT2D eigenvalue weighted by Gasteiger charge is -2.37. The molecule has 2 amide bonds. The Bertz CT molecular complexity index is 1100. The van der Waals surface area contributed by atoms with Crippen molar-refractivity contribution in [1.29, 1.82) is 0 Å². The molecule has 8 nitrogen and oxygen atoms in total. The number of rotatable bonds is 3. The van der Waals surface area contributed by atoms with E-state index in [-0.39, 0.29) is 29.6 Å². The number of ether oxygens (including phenoxy) is 2. The lowest BCUT2D eigenvalue weighted by molar-refractivity contribution is -0.116. The molecule has 0 saturated heterocycles. The Morgan fingerprint density at radius 3 is 2.58 bits per heavy atom. The summed E-state index contributed by atoms with van der Waals surface area (Å²) in [5, 5.41) is 26.6. The van der Waals surface area contributed by atoms with E-state index in [0.29, 0.717) is 35.2 Å². The Balaban J connectivity index is 2.00. The van der Waals surface area contributed by atoms with Crippen LogP contribution in [0.1, 0.15) is 58.9 Å². The number of methoxy groups -OCH3 is 2. The molecule has 0 unspecified atom stereocenters. The standard InChI is InChI=1S/C29H41ClN2O6/c1-17-8-7-9-24(38-6)29(36,32-27(34)35)15-18(2)19(3)21-16-28(21,4)11-10-25(33)31-22-13-20(12-17)14-23(37-5)26(22)30/h7-9,13-14,18-19,21,24,32,36H,10-12,15-16H2,1-6H3,(H,31,33)(H,34,35)/b9-7+,17-8+/t18-,19+,21-,24+,28+,29-/m0/s1. The topological polar surface area (TPSA) is 117 Å². The Hall–Kier alpha value is -2.55. The van der Waals surface area contributed by atoms with Gasteiger partial charge in [-0.05, 0) is 67.1 Å². The number of carbonyl (C=O) groups is 2. The fourth-order valence-electron chi connectivity index (χ4n) is 5.79. The number of anilines is 1. The lowest BCUT2D eigenvalue weighted by Crippen LogP contribution is -2.57. The third kappa shape index (κ3) is 7.10. The molecule has 1 heterocycles. The Kier molecular flexibility index (Phi) is 9.55. The van der Waals surface area contributed by atoms with Crippen LogP contribution in [-0.2, 0) is 16.0 Å². The summed E-state index contributed by atoms with van der Waals surface area (Å²) in [4.78, 5) is 24.5. The maximum absolute atomic E-state index is 12.9. The minimum atomic E-state index is -1.81. The number of benzene rings is 1. The van der Waals surface area contributed by atoms with Gasteiger partial charge in [-0.15, -0.1) is 0 Å². The second kappa shape index (κ2) is 12.1. The number of aliphatic hydroxyl groups is 1. The zero-order chi connectivity index (χ0) is 28.3. The van der Waals surface area contributed by atoms with E-state index in [2.05, 4.69) is 24.5 Å². The van der Waals surface area contributed by atoms with Crippen molar-refractivity contribution >= 4 is 29.3 Å². The monoisotopic (exact) mass is 548 g/mol. The first-order valence-electron chi connectivity index (χ1n) is 13.1. The van der Waals surface area contributed by atoms with E-state index in [1.54, 1.807) is 12.2 Å². The average molecular weight is 549 g/mol. The van der Waals surface area contributed by atoms with Gasteiger partial charge in [0.25, 0.3) is 0 Å². The van der Waals surface area contributed by atoms with Gasteiger partial charge in [0.05, 0.1) is 12.8 Å². The third-order valence-electron chi connectivity index (χ3n) is 8.30. The zero-order valence-electron chi connectivity index (χ0n) is 23.1. The highest BCUT2D eigenvalue weighted by molar-refractivity contribution is 6.35. The Labute approximate surface area is 230 Å². The summed E-state index contributed by atoms with van der Waals surface area (Å²) in [5.41, 5.74) is 0.609. The first-order chi connectivity index (χ1) is 17.8. The van der Waals surface area contributed by atoms with E-state index < -0.39 is 17.9 Å². The summed E-state index contributed by atoms with van der Waals surface area (Å²) in [6.45, 7) is 8.29. The number of hydrogen-bond acceptors (Lipinski definition) is 5. The molecule has 0 radical (unpaired) electrons. The van der Waals surface area contributed by atoms with Crippen LogP contribution in [0, 0.1) is 23.2 Å². The van der Waals surface area contributed by atoms with Gasteiger partial charge >= 0.3 is 6.09 Å². The van der Waals surface area contributed by atoms with E-state index in [9.17, 15) is 19.8 Å². The van der Waals surface area contributed by atoms with Crippen LogP contribution in [0.25, 0.3) is 0 Å². The number of hydrogen-bond donors (Lipinski definition) is 4. The number of nitrogens with one attached hydrogen (secondary N) is 2. The van der Waals surface area contributed by atoms with Crippen molar-refractivity contribution in [2.24, 2.45) is 23.2 Å². The molecule has 210 valence electrons. The predicted octanol–water partition coefficient (Wildman–Crippen LogP) is 5.79. The molecule has 2 aliphatic rings. The van der Waals surface area contributed by atoms with Gasteiger partial charge < -0.3 is 25.0 Å². The van der Waals surface area contributed by atoms with Gasteiger partial charge in [-0.3, -0.25) is 10.1 Å². The summed E-state index contributed by atoms with van der Waals surface area (Å²) >= 11 is 6.52. The highest BCUT2D eigenvalue weighted by Gasteiger charge is 2.53. The molecule has 3 rings (SSSR count). The highest BCUT2D eigenvalue weighted by atomic mass is 35.5. The van der Waals surface area contributed by atoms with Crippen LogP contribution in [0.5, 0.6) is 5.75 Å². The van der Waals surface area contributed by atoms with Gasteiger partial charge in [0.15, 0.2) is 5.72 Å². The van der Waals surface area contributed by atoms with E-state index in [0.717, 1.165) is 24.0 Å². The van der Waals surface area contributed by atoms with Crippen molar-refractivity contribution in [3.05, 3.63) is 46.5 Å². The van der Waals surface area contributed by atoms with Crippen molar-refractivity contribution < 1.29 is 29.3 Å². The maximum Gasteiger partial charge on any atom is 0.406 e. The van der Waals surface area contributed by atoms with E-state index in [1.807, 2.05) is 32.1 Å². The minimum absolute atomic E-state index is 0.00278. The van der Waals surface area contributed by atoms with Gasteiger partial charge in [0.2, 0.25) is 5.91 Å². The number of amides is 2. The molecular formula is C29H41ClN2O6. The number of carbonyl (C=O) groups excluding carboxylic acids is 1. The quantitative estimate of drug-likeness (QED) is 0.355. The lowest BCUT2D eigenvalue weighted by atomic mass is 9.80. The number of carboxylic acid groups (broad SMARTS) is 1. The van der Waals surface area contributed by atoms with Gasteiger partial charge in [0.1, 0.15) is 16.9 Å². The molecule has 1 fully saturated rings. The summed E-state index contributed by atoms with van der Waals surface area (Å²) in [5.74, 6) is 0.928. The van der Waals surface area contributed by atoms with Crippen molar-refractivity contribution in [3.63, 3.8) is 0 Å². The Morgan fingerprint density at radius 1 is 1.24 bits per heavy atom. The van der Waals surface area contributed by atoms with Crippen LogP contribution >= 0.6 is 11.6 Å². The van der Waals surface area contributed by atoms with Crippen LogP contribution in [0.4, 0.5) is 10.5 Å². The summed E-state index contributed by atoms with van der Waals surface area (Å²) in [6, 6.07) is 3.70. The smallest absolute Gasteiger partial charge is 0.406 e. The molecule has 1 aliphatic carbocycles. The van der Waals surface area contributed by atoms with Gasteiger partial charge in [0, 0.05) is 20.0 Å². The second-order valence-electron chi connectivity index (χ2n) is 11.3. The maximum atomic E-state index is 12.9. The fourth-order valence-corrected chi connectivity index (χ4v) is 6.02. The molecule has 0 spiro atoms. The largest absolute Gasteiger partial charge is 0.495 e. The van der Waals surface area contributed by atoms with Crippen molar-refractivity contribution in [2.45, 2.75) is 71.6 Å².